The Bertz CT molecular complexity index is 510. The highest BCUT2D eigenvalue weighted by atomic mass is 14.9. The quantitative estimate of drug-likeness (QED) is 0.876. The first-order valence-corrected chi connectivity index (χ1v) is 6.50. The van der Waals surface area contributed by atoms with Gasteiger partial charge in [0.1, 0.15) is 5.52 Å². The maximum Gasteiger partial charge on any atom is 0.178 e. The Labute approximate surface area is 108 Å². The smallest absolute Gasteiger partial charge is 0.178 e. The van der Waals surface area contributed by atoms with Crippen molar-refractivity contribution in [2.45, 2.75) is 33.2 Å². The molecule has 96 valence electrons. The number of hydrogen-bond donors (Lipinski definition) is 1. The minimum atomic E-state index is 0.455. The van der Waals surface area contributed by atoms with E-state index in [4.69, 9.17) is 0 Å². The molecule has 0 bridgehead atoms. The van der Waals surface area contributed by atoms with E-state index in [1.165, 1.54) is 0 Å². The van der Waals surface area contributed by atoms with Gasteiger partial charge in [-0.2, -0.15) is 0 Å². The molecule has 2 aromatic rings. The molecule has 0 saturated carbocycles. The van der Waals surface area contributed by atoms with Crippen LogP contribution < -0.4 is 5.32 Å². The standard InChI is InChI=1S/C14H20N4/c1-4-15-13(10(2)3)9-11-5-6-12-14(18-11)17-8-7-16-12/h5-8,10,13,15H,4,9H2,1-3H3. The minimum absolute atomic E-state index is 0.455. The third-order valence-electron chi connectivity index (χ3n) is 3.09. The molecule has 0 radical (unpaired) electrons. The van der Waals surface area contributed by atoms with Gasteiger partial charge in [-0.15, -0.1) is 0 Å². The Kier molecular flexibility index (Phi) is 4.20. The van der Waals surface area contributed by atoms with Gasteiger partial charge in [0.15, 0.2) is 5.65 Å². The van der Waals surface area contributed by atoms with Gasteiger partial charge in [-0.3, -0.25) is 4.98 Å². The van der Waals surface area contributed by atoms with Gasteiger partial charge in [-0.1, -0.05) is 20.8 Å². The minimum Gasteiger partial charge on any atom is -0.314 e. The number of hydrogen-bond acceptors (Lipinski definition) is 4. The lowest BCUT2D eigenvalue weighted by Crippen LogP contribution is -2.35. The van der Waals surface area contributed by atoms with Crippen LogP contribution in [0.3, 0.4) is 0 Å². The SMILES string of the molecule is CCNC(Cc1ccc2nccnc2n1)C(C)C. The molecule has 2 heterocycles. The van der Waals surface area contributed by atoms with Crippen molar-refractivity contribution in [3.63, 3.8) is 0 Å². The van der Waals surface area contributed by atoms with Gasteiger partial charge in [0.2, 0.25) is 0 Å². The molecule has 0 aliphatic carbocycles. The van der Waals surface area contributed by atoms with Crippen LogP contribution in [-0.4, -0.2) is 27.5 Å². The molecule has 0 aliphatic heterocycles. The zero-order valence-corrected chi connectivity index (χ0v) is 11.2. The molecular formula is C14H20N4. The van der Waals surface area contributed by atoms with E-state index >= 15 is 0 Å². The zero-order valence-electron chi connectivity index (χ0n) is 11.2. The van der Waals surface area contributed by atoms with Crippen LogP contribution in [0.4, 0.5) is 0 Å². The highest BCUT2D eigenvalue weighted by molar-refractivity contribution is 5.68. The molecule has 1 N–H and O–H groups in total. The largest absolute Gasteiger partial charge is 0.314 e. The Morgan fingerprint density at radius 2 is 1.94 bits per heavy atom. The van der Waals surface area contributed by atoms with Crippen molar-refractivity contribution in [2.75, 3.05) is 6.54 Å². The monoisotopic (exact) mass is 244 g/mol. The second-order valence-electron chi connectivity index (χ2n) is 4.81. The van der Waals surface area contributed by atoms with Crippen LogP contribution in [0.25, 0.3) is 11.2 Å². The first-order valence-electron chi connectivity index (χ1n) is 6.50. The number of aromatic nitrogens is 3. The zero-order chi connectivity index (χ0) is 13.0. The molecule has 0 fully saturated rings. The number of likely N-dealkylation sites (N-methyl/N-ethyl adjacent to an activating group) is 1. The van der Waals surface area contributed by atoms with Gasteiger partial charge < -0.3 is 5.32 Å². The average molecular weight is 244 g/mol. The van der Waals surface area contributed by atoms with E-state index in [1.54, 1.807) is 12.4 Å². The maximum atomic E-state index is 4.57. The van der Waals surface area contributed by atoms with Crippen LogP contribution in [0, 0.1) is 5.92 Å². The summed E-state index contributed by atoms with van der Waals surface area (Å²) >= 11 is 0. The molecule has 2 rings (SSSR count). The molecule has 0 aliphatic rings. The molecule has 4 heteroatoms. The second-order valence-corrected chi connectivity index (χ2v) is 4.81. The van der Waals surface area contributed by atoms with Gasteiger partial charge in [-0.05, 0) is 24.6 Å². The fraction of sp³-hybridized carbons (Fsp3) is 0.500. The summed E-state index contributed by atoms with van der Waals surface area (Å²) in [6.45, 7) is 7.58. The van der Waals surface area contributed by atoms with E-state index < -0.39 is 0 Å². The van der Waals surface area contributed by atoms with Crippen LogP contribution in [0.1, 0.15) is 26.5 Å². The second kappa shape index (κ2) is 5.87. The fourth-order valence-electron chi connectivity index (χ4n) is 2.04. The van der Waals surface area contributed by atoms with E-state index in [-0.39, 0.29) is 0 Å². The normalized spacial score (nSPS) is 13.1. The number of nitrogens with one attached hydrogen (secondary N) is 1. The summed E-state index contributed by atoms with van der Waals surface area (Å²) in [5.41, 5.74) is 2.66. The molecule has 4 nitrogen and oxygen atoms in total. The molecular weight excluding hydrogens is 224 g/mol. The van der Waals surface area contributed by atoms with E-state index in [2.05, 4.69) is 41.0 Å². The first kappa shape index (κ1) is 12.9. The van der Waals surface area contributed by atoms with Crippen molar-refractivity contribution in [3.8, 4) is 0 Å². The Morgan fingerprint density at radius 1 is 1.17 bits per heavy atom. The van der Waals surface area contributed by atoms with Gasteiger partial charge in [0, 0.05) is 30.6 Å². The van der Waals surface area contributed by atoms with E-state index in [0.717, 1.165) is 29.8 Å². The molecule has 1 atom stereocenters. The number of fused-ring (bicyclic) bond motifs is 1. The summed E-state index contributed by atoms with van der Waals surface area (Å²) in [6.07, 6.45) is 4.31. The summed E-state index contributed by atoms with van der Waals surface area (Å²) in [7, 11) is 0. The van der Waals surface area contributed by atoms with Crippen molar-refractivity contribution in [3.05, 3.63) is 30.2 Å². The molecule has 0 amide bonds. The van der Waals surface area contributed by atoms with Gasteiger partial charge in [0.05, 0.1) is 0 Å². The van der Waals surface area contributed by atoms with Crippen molar-refractivity contribution in [1.82, 2.24) is 20.3 Å². The number of pyridine rings is 1. The summed E-state index contributed by atoms with van der Waals surface area (Å²) < 4.78 is 0. The van der Waals surface area contributed by atoms with E-state index in [1.807, 2.05) is 12.1 Å². The highest BCUT2D eigenvalue weighted by Gasteiger charge is 2.13. The lowest BCUT2D eigenvalue weighted by atomic mass is 9.99. The van der Waals surface area contributed by atoms with Crippen LogP contribution >= 0.6 is 0 Å². The summed E-state index contributed by atoms with van der Waals surface area (Å²) in [6, 6.07) is 4.49. The molecule has 18 heavy (non-hydrogen) atoms. The summed E-state index contributed by atoms with van der Waals surface area (Å²) in [4.78, 5) is 13.0. The van der Waals surface area contributed by atoms with Gasteiger partial charge in [-0.25, -0.2) is 9.97 Å². The van der Waals surface area contributed by atoms with Crippen LogP contribution in [0.5, 0.6) is 0 Å². The van der Waals surface area contributed by atoms with Gasteiger partial charge >= 0.3 is 0 Å². The topological polar surface area (TPSA) is 50.7 Å². The number of rotatable bonds is 5. The van der Waals surface area contributed by atoms with E-state index in [9.17, 15) is 0 Å². The molecule has 0 aromatic carbocycles. The van der Waals surface area contributed by atoms with Crippen molar-refractivity contribution >= 4 is 11.2 Å². The van der Waals surface area contributed by atoms with Crippen LogP contribution in [0.15, 0.2) is 24.5 Å². The Morgan fingerprint density at radius 3 is 2.67 bits per heavy atom. The summed E-state index contributed by atoms with van der Waals surface area (Å²) in [5, 5.41) is 3.50. The van der Waals surface area contributed by atoms with Crippen molar-refractivity contribution in [2.24, 2.45) is 5.92 Å². The summed E-state index contributed by atoms with van der Waals surface area (Å²) in [5.74, 6) is 0.587. The fourth-order valence-corrected chi connectivity index (χ4v) is 2.04. The molecule has 1 unspecified atom stereocenters. The highest BCUT2D eigenvalue weighted by Crippen LogP contribution is 2.11. The molecule has 0 saturated heterocycles. The maximum absolute atomic E-state index is 4.57. The lowest BCUT2D eigenvalue weighted by Gasteiger charge is -2.21. The predicted molar refractivity (Wildman–Crippen MR) is 73.3 cm³/mol. The van der Waals surface area contributed by atoms with Crippen molar-refractivity contribution < 1.29 is 0 Å². The average Bonchev–Trinajstić information content (AvgIpc) is 2.38. The van der Waals surface area contributed by atoms with E-state index in [0.29, 0.717) is 12.0 Å². The van der Waals surface area contributed by atoms with Crippen LogP contribution in [0.2, 0.25) is 0 Å². The predicted octanol–water partition coefficient (Wildman–Crippen LogP) is 2.20. The third kappa shape index (κ3) is 3.01. The molecule has 0 spiro atoms. The lowest BCUT2D eigenvalue weighted by molar-refractivity contribution is 0.402. The van der Waals surface area contributed by atoms with Crippen molar-refractivity contribution in [1.29, 1.82) is 0 Å². The molecule has 2 aromatic heterocycles. The van der Waals surface area contributed by atoms with Crippen LogP contribution in [-0.2, 0) is 6.42 Å². The third-order valence-corrected chi connectivity index (χ3v) is 3.09. The Hall–Kier alpha value is -1.55. The first-order chi connectivity index (χ1) is 8.70. The number of nitrogens with zero attached hydrogens (tertiary/aromatic N) is 3. The van der Waals surface area contributed by atoms with Gasteiger partial charge in [0.25, 0.3) is 0 Å². The Balaban J connectivity index is 2.20.